The van der Waals surface area contributed by atoms with Gasteiger partial charge in [0.1, 0.15) is 18.5 Å². The third kappa shape index (κ3) is 3.22. The lowest BCUT2D eigenvalue weighted by Gasteiger charge is -2.32. The maximum Gasteiger partial charge on any atom is 0.251 e. The van der Waals surface area contributed by atoms with Crippen LogP contribution in [0.5, 0.6) is 0 Å². The van der Waals surface area contributed by atoms with Gasteiger partial charge in [-0.15, -0.1) is 0 Å². The number of H-pyrrole nitrogens is 1. The second kappa shape index (κ2) is 6.10. The first kappa shape index (κ1) is 14.5. The van der Waals surface area contributed by atoms with Crippen LogP contribution in [0.1, 0.15) is 17.6 Å². The van der Waals surface area contributed by atoms with E-state index >= 15 is 0 Å². The summed E-state index contributed by atoms with van der Waals surface area (Å²) < 4.78 is 7.24. The lowest BCUT2D eigenvalue weighted by Crippen LogP contribution is -2.44. The highest BCUT2D eigenvalue weighted by Crippen LogP contribution is 2.19. The fourth-order valence-electron chi connectivity index (χ4n) is 2.45. The first-order valence-electron chi connectivity index (χ1n) is 7.06. The van der Waals surface area contributed by atoms with Crippen molar-refractivity contribution >= 4 is 5.91 Å². The van der Waals surface area contributed by atoms with Gasteiger partial charge in [-0.25, -0.2) is 4.98 Å². The number of hydrogen-bond donors (Lipinski definition) is 1. The standard InChI is InChI=1S/C14H17N5O3/c1-10-16-11(7-13(20)17-10)12-8-18(5-6-22-12)14(21)9-19-4-2-3-15-19/h2-4,7,12H,5-6,8-9H2,1H3,(H,16,17,20). The van der Waals surface area contributed by atoms with Crippen molar-refractivity contribution in [2.75, 3.05) is 19.7 Å². The molecule has 0 aliphatic carbocycles. The first-order valence-corrected chi connectivity index (χ1v) is 7.06. The van der Waals surface area contributed by atoms with Crippen molar-refractivity contribution in [3.8, 4) is 0 Å². The first-order chi connectivity index (χ1) is 10.6. The molecule has 8 heteroatoms. The van der Waals surface area contributed by atoms with E-state index in [-0.39, 0.29) is 24.1 Å². The van der Waals surface area contributed by atoms with Crippen molar-refractivity contribution in [3.05, 3.63) is 46.4 Å². The number of aromatic nitrogens is 4. The maximum atomic E-state index is 12.3. The normalized spacial score (nSPS) is 18.4. The van der Waals surface area contributed by atoms with Gasteiger partial charge in [-0.05, 0) is 13.0 Å². The number of carbonyl (C=O) groups excluding carboxylic acids is 1. The van der Waals surface area contributed by atoms with Crippen LogP contribution in [0.2, 0.25) is 0 Å². The molecule has 1 aliphatic heterocycles. The summed E-state index contributed by atoms with van der Waals surface area (Å²) in [6.07, 6.45) is 3.01. The molecule has 2 aromatic heterocycles. The number of nitrogens with one attached hydrogen (secondary N) is 1. The summed E-state index contributed by atoms with van der Waals surface area (Å²) in [6, 6.07) is 3.19. The number of amides is 1. The summed E-state index contributed by atoms with van der Waals surface area (Å²) in [7, 11) is 0. The molecule has 3 rings (SSSR count). The molecule has 0 saturated carbocycles. The highest BCUT2D eigenvalue weighted by molar-refractivity contribution is 5.76. The maximum absolute atomic E-state index is 12.3. The van der Waals surface area contributed by atoms with Crippen LogP contribution in [0.4, 0.5) is 0 Å². The van der Waals surface area contributed by atoms with E-state index in [2.05, 4.69) is 15.1 Å². The number of morpholine rings is 1. The van der Waals surface area contributed by atoms with Crippen molar-refractivity contribution in [1.29, 1.82) is 0 Å². The highest BCUT2D eigenvalue weighted by Gasteiger charge is 2.26. The Morgan fingerprint density at radius 1 is 1.55 bits per heavy atom. The smallest absolute Gasteiger partial charge is 0.251 e. The van der Waals surface area contributed by atoms with Gasteiger partial charge in [0, 0.05) is 25.0 Å². The SMILES string of the molecule is Cc1nc(C2CN(C(=O)Cn3cccn3)CCO2)cc(=O)[nH]1. The summed E-state index contributed by atoms with van der Waals surface area (Å²) in [6.45, 7) is 3.24. The van der Waals surface area contributed by atoms with Crippen LogP contribution >= 0.6 is 0 Å². The third-order valence-corrected chi connectivity index (χ3v) is 3.49. The Hall–Kier alpha value is -2.48. The zero-order chi connectivity index (χ0) is 15.5. The van der Waals surface area contributed by atoms with Gasteiger partial charge in [0.2, 0.25) is 5.91 Å². The van der Waals surface area contributed by atoms with E-state index in [1.54, 1.807) is 35.0 Å². The molecule has 8 nitrogen and oxygen atoms in total. The number of hydrogen-bond acceptors (Lipinski definition) is 5. The Morgan fingerprint density at radius 3 is 3.14 bits per heavy atom. The Kier molecular flexibility index (Phi) is 4.01. The van der Waals surface area contributed by atoms with Gasteiger partial charge in [0.25, 0.3) is 5.56 Å². The number of rotatable bonds is 3. The zero-order valence-electron chi connectivity index (χ0n) is 12.2. The van der Waals surface area contributed by atoms with Crippen LogP contribution < -0.4 is 5.56 Å². The number of aromatic amines is 1. The molecular formula is C14H17N5O3. The topological polar surface area (TPSA) is 93.1 Å². The molecule has 1 saturated heterocycles. The summed E-state index contributed by atoms with van der Waals surface area (Å²) in [5.74, 6) is 0.504. The van der Waals surface area contributed by atoms with Crippen molar-refractivity contribution in [1.82, 2.24) is 24.6 Å². The summed E-state index contributed by atoms with van der Waals surface area (Å²) >= 11 is 0. The van der Waals surface area contributed by atoms with Crippen LogP contribution in [0.3, 0.4) is 0 Å². The number of nitrogens with zero attached hydrogens (tertiary/aromatic N) is 4. The monoisotopic (exact) mass is 303 g/mol. The van der Waals surface area contributed by atoms with Gasteiger partial charge in [-0.2, -0.15) is 5.10 Å². The van der Waals surface area contributed by atoms with Gasteiger partial charge in [0.05, 0.1) is 18.8 Å². The van der Waals surface area contributed by atoms with E-state index in [0.29, 0.717) is 31.2 Å². The van der Waals surface area contributed by atoms with Crippen LogP contribution in [0, 0.1) is 6.92 Å². The molecule has 3 heterocycles. The van der Waals surface area contributed by atoms with E-state index in [4.69, 9.17) is 4.74 Å². The molecule has 0 spiro atoms. The molecule has 116 valence electrons. The zero-order valence-corrected chi connectivity index (χ0v) is 12.2. The average molecular weight is 303 g/mol. The summed E-state index contributed by atoms with van der Waals surface area (Å²) in [5, 5.41) is 4.03. The van der Waals surface area contributed by atoms with E-state index < -0.39 is 0 Å². The van der Waals surface area contributed by atoms with Crippen molar-refractivity contribution < 1.29 is 9.53 Å². The number of ether oxygens (including phenoxy) is 1. The van der Waals surface area contributed by atoms with Crippen LogP contribution in [-0.4, -0.2) is 50.3 Å². The minimum absolute atomic E-state index is 0.0291. The van der Waals surface area contributed by atoms with Crippen molar-refractivity contribution in [2.24, 2.45) is 0 Å². The minimum atomic E-state index is -0.378. The second-order valence-electron chi connectivity index (χ2n) is 5.16. The molecule has 0 bridgehead atoms. The van der Waals surface area contributed by atoms with E-state index in [1.165, 1.54) is 6.07 Å². The number of carbonyl (C=O) groups is 1. The lowest BCUT2D eigenvalue weighted by atomic mass is 10.2. The largest absolute Gasteiger partial charge is 0.368 e. The minimum Gasteiger partial charge on any atom is -0.368 e. The molecule has 1 fully saturated rings. The molecule has 2 aromatic rings. The van der Waals surface area contributed by atoms with E-state index in [0.717, 1.165) is 0 Å². The molecule has 1 aliphatic rings. The highest BCUT2D eigenvalue weighted by atomic mass is 16.5. The van der Waals surface area contributed by atoms with Gasteiger partial charge in [-0.1, -0.05) is 0 Å². The van der Waals surface area contributed by atoms with E-state index in [9.17, 15) is 9.59 Å². The molecule has 1 amide bonds. The Bertz CT molecular complexity index is 710. The lowest BCUT2D eigenvalue weighted by molar-refractivity contribution is -0.140. The van der Waals surface area contributed by atoms with Crippen LogP contribution in [0.15, 0.2) is 29.3 Å². The van der Waals surface area contributed by atoms with Crippen molar-refractivity contribution in [3.63, 3.8) is 0 Å². The predicted molar refractivity (Wildman–Crippen MR) is 77.1 cm³/mol. The van der Waals surface area contributed by atoms with Crippen LogP contribution in [0.25, 0.3) is 0 Å². The molecule has 1 N–H and O–H groups in total. The second-order valence-corrected chi connectivity index (χ2v) is 5.16. The van der Waals surface area contributed by atoms with Crippen molar-refractivity contribution in [2.45, 2.75) is 19.6 Å². The molecule has 0 radical (unpaired) electrons. The van der Waals surface area contributed by atoms with Crippen LogP contribution in [-0.2, 0) is 16.1 Å². The van der Waals surface area contributed by atoms with Gasteiger partial charge in [-0.3, -0.25) is 14.3 Å². The fraction of sp³-hybridized carbons (Fsp3) is 0.429. The fourth-order valence-corrected chi connectivity index (χ4v) is 2.45. The summed E-state index contributed by atoms with van der Waals surface area (Å²) in [4.78, 5) is 32.4. The third-order valence-electron chi connectivity index (χ3n) is 3.49. The molecule has 0 aromatic carbocycles. The molecule has 22 heavy (non-hydrogen) atoms. The molecular weight excluding hydrogens is 286 g/mol. The number of aryl methyl sites for hydroxylation is 1. The predicted octanol–water partition coefficient (Wildman–Crippen LogP) is -0.125. The quantitative estimate of drug-likeness (QED) is 0.853. The molecule has 1 atom stereocenters. The molecule has 1 unspecified atom stereocenters. The van der Waals surface area contributed by atoms with Gasteiger partial charge < -0.3 is 14.6 Å². The van der Waals surface area contributed by atoms with Gasteiger partial charge >= 0.3 is 0 Å². The van der Waals surface area contributed by atoms with Gasteiger partial charge in [0.15, 0.2) is 0 Å². The summed E-state index contributed by atoms with van der Waals surface area (Å²) in [5.41, 5.74) is 0.337. The Labute approximate surface area is 126 Å². The van der Waals surface area contributed by atoms with E-state index in [1.807, 2.05) is 0 Å². The average Bonchev–Trinajstić information content (AvgIpc) is 2.99. The Balaban J connectivity index is 1.71. The Morgan fingerprint density at radius 2 is 2.41 bits per heavy atom.